The predicted octanol–water partition coefficient (Wildman–Crippen LogP) is 1.09. The molecule has 0 radical (unpaired) electrons. The second-order valence-electron chi connectivity index (χ2n) is 3.16. The Hall–Kier alpha value is -1.95. The molecule has 2 rings (SSSR count). The number of nitrogens with zero attached hydrogens (tertiary/aromatic N) is 2. The summed E-state index contributed by atoms with van der Waals surface area (Å²) in [5, 5.41) is 4.95. The fourth-order valence-corrected chi connectivity index (χ4v) is 1.71. The minimum atomic E-state index is -0.273. The van der Waals surface area contributed by atoms with Gasteiger partial charge in [-0.1, -0.05) is 0 Å². The van der Waals surface area contributed by atoms with Crippen molar-refractivity contribution < 1.29 is 4.79 Å². The van der Waals surface area contributed by atoms with E-state index in [1.54, 1.807) is 18.6 Å². The second kappa shape index (κ2) is 4.28. The van der Waals surface area contributed by atoms with Crippen LogP contribution in [0.3, 0.4) is 0 Å². The van der Waals surface area contributed by atoms with E-state index < -0.39 is 0 Å². The number of nitrogens with one attached hydrogen (secondary N) is 1. The molecule has 0 atom stereocenters. The summed E-state index contributed by atoms with van der Waals surface area (Å²) in [5.41, 5.74) is 0.281. The van der Waals surface area contributed by atoms with Crippen LogP contribution < -0.4 is 10.9 Å². The molecule has 0 aliphatic heterocycles. The molecule has 2 aromatic heterocycles. The fourth-order valence-electron chi connectivity index (χ4n) is 1.18. The van der Waals surface area contributed by atoms with E-state index in [1.165, 1.54) is 34.2 Å². The van der Waals surface area contributed by atoms with Crippen molar-refractivity contribution >= 4 is 22.4 Å². The molecule has 16 heavy (non-hydrogen) atoms. The monoisotopic (exact) mass is 235 g/mol. The molecular formula is C10H9N3O2S. The van der Waals surface area contributed by atoms with Crippen LogP contribution in [0.15, 0.2) is 34.7 Å². The zero-order valence-electron chi connectivity index (χ0n) is 8.51. The van der Waals surface area contributed by atoms with Gasteiger partial charge in [0, 0.05) is 30.9 Å². The third kappa shape index (κ3) is 2.17. The summed E-state index contributed by atoms with van der Waals surface area (Å²) >= 11 is 1.34. The third-order valence-corrected chi connectivity index (χ3v) is 2.69. The largest absolute Gasteiger partial charge is 0.318 e. The van der Waals surface area contributed by atoms with E-state index in [4.69, 9.17) is 0 Å². The van der Waals surface area contributed by atoms with E-state index in [9.17, 15) is 9.59 Å². The summed E-state index contributed by atoms with van der Waals surface area (Å²) in [6.45, 7) is 0. The van der Waals surface area contributed by atoms with Crippen molar-refractivity contribution in [2.75, 3.05) is 5.32 Å². The number of carbonyl (C=O) groups excluding carboxylic acids is 1. The Balaban J connectivity index is 2.21. The van der Waals surface area contributed by atoms with Crippen molar-refractivity contribution in [3.8, 4) is 0 Å². The van der Waals surface area contributed by atoms with Gasteiger partial charge in [-0.2, -0.15) is 0 Å². The lowest BCUT2D eigenvalue weighted by atomic mass is 10.2. The van der Waals surface area contributed by atoms with Crippen molar-refractivity contribution in [1.29, 1.82) is 0 Å². The van der Waals surface area contributed by atoms with E-state index in [0.717, 1.165) is 0 Å². The van der Waals surface area contributed by atoms with E-state index >= 15 is 0 Å². The Labute approximate surface area is 95.4 Å². The Morgan fingerprint density at radius 3 is 2.94 bits per heavy atom. The number of aryl methyl sites for hydroxylation is 1. The highest BCUT2D eigenvalue weighted by Crippen LogP contribution is 2.11. The Morgan fingerprint density at radius 1 is 1.50 bits per heavy atom. The lowest BCUT2D eigenvalue weighted by molar-refractivity contribution is 0.102. The van der Waals surface area contributed by atoms with Gasteiger partial charge in [-0.05, 0) is 6.07 Å². The molecule has 82 valence electrons. The molecular weight excluding hydrogens is 226 g/mol. The molecule has 0 saturated carbocycles. The van der Waals surface area contributed by atoms with Crippen LogP contribution in [0.1, 0.15) is 10.4 Å². The number of pyridine rings is 1. The summed E-state index contributed by atoms with van der Waals surface area (Å²) in [5.74, 6) is -0.273. The maximum absolute atomic E-state index is 11.7. The summed E-state index contributed by atoms with van der Waals surface area (Å²) in [6, 6.07) is 2.85. The summed E-state index contributed by atoms with van der Waals surface area (Å²) in [7, 11) is 1.60. The van der Waals surface area contributed by atoms with Gasteiger partial charge >= 0.3 is 0 Å². The van der Waals surface area contributed by atoms with Crippen LogP contribution in [0.5, 0.6) is 0 Å². The molecule has 0 saturated heterocycles. The normalized spacial score (nSPS) is 10.1. The first kappa shape index (κ1) is 10.6. The van der Waals surface area contributed by atoms with Gasteiger partial charge in [-0.3, -0.25) is 14.9 Å². The van der Waals surface area contributed by atoms with E-state index in [1.807, 2.05) is 0 Å². The number of amides is 1. The molecule has 0 bridgehead atoms. The first-order chi connectivity index (χ1) is 7.66. The molecule has 0 unspecified atom stereocenters. The molecule has 2 heterocycles. The van der Waals surface area contributed by atoms with Gasteiger partial charge < -0.3 is 4.57 Å². The molecule has 0 aliphatic carbocycles. The minimum absolute atomic E-state index is 0.147. The standard InChI is InChI=1S/C10H9N3O2S/c1-13-6-7(2-3-8(13)14)9(15)12-10-11-4-5-16-10/h2-6H,1H3,(H,11,12,15). The van der Waals surface area contributed by atoms with Crippen LogP contribution in [-0.4, -0.2) is 15.5 Å². The van der Waals surface area contributed by atoms with Gasteiger partial charge in [0.25, 0.3) is 5.91 Å². The predicted molar refractivity (Wildman–Crippen MR) is 61.8 cm³/mol. The Kier molecular flexibility index (Phi) is 2.82. The molecule has 1 N–H and O–H groups in total. The number of hydrogen-bond donors (Lipinski definition) is 1. The Morgan fingerprint density at radius 2 is 2.31 bits per heavy atom. The lowest BCUT2D eigenvalue weighted by Gasteiger charge is -2.03. The summed E-state index contributed by atoms with van der Waals surface area (Å²) in [4.78, 5) is 26.8. The number of thiazole rings is 1. The molecule has 0 aliphatic rings. The minimum Gasteiger partial charge on any atom is -0.318 e. The average Bonchev–Trinajstić information content (AvgIpc) is 2.74. The number of hydrogen-bond acceptors (Lipinski definition) is 4. The van der Waals surface area contributed by atoms with Crippen LogP contribution in [-0.2, 0) is 7.05 Å². The van der Waals surface area contributed by atoms with E-state index in [-0.39, 0.29) is 11.5 Å². The molecule has 6 heteroatoms. The Bertz CT molecular complexity index is 560. The number of carbonyl (C=O) groups is 1. The number of rotatable bonds is 2. The van der Waals surface area contributed by atoms with Crippen LogP contribution in [0, 0.1) is 0 Å². The van der Waals surface area contributed by atoms with E-state index in [0.29, 0.717) is 10.7 Å². The second-order valence-corrected chi connectivity index (χ2v) is 4.05. The highest BCUT2D eigenvalue weighted by Gasteiger charge is 2.07. The third-order valence-electron chi connectivity index (χ3n) is 2.00. The topological polar surface area (TPSA) is 64.0 Å². The van der Waals surface area contributed by atoms with Crippen LogP contribution in [0.4, 0.5) is 5.13 Å². The number of anilines is 1. The molecule has 1 amide bonds. The van der Waals surface area contributed by atoms with Gasteiger partial charge in [0.05, 0.1) is 5.56 Å². The number of aromatic nitrogens is 2. The van der Waals surface area contributed by atoms with Crippen LogP contribution in [0.25, 0.3) is 0 Å². The summed E-state index contributed by atoms with van der Waals surface area (Å²) in [6.07, 6.45) is 3.10. The summed E-state index contributed by atoms with van der Waals surface area (Å²) < 4.78 is 1.36. The first-order valence-electron chi connectivity index (χ1n) is 4.54. The van der Waals surface area contributed by atoms with Gasteiger partial charge in [0.15, 0.2) is 5.13 Å². The van der Waals surface area contributed by atoms with Crippen molar-refractivity contribution in [3.05, 3.63) is 45.8 Å². The van der Waals surface area contributed by atoms with Crippen LogP contribution in [0.2, 0.25) is 0 Å². The molecule has 0 fully saturated rings. The molecule has 2 aromatic rings. The zero-order valence-corrected chi connectivity index (χ0v) is 9.32. The maximum atomic E-state index is 11.7. The smallest absolute Gasteiger partial charge is 0.258 e. The van der Waals surface area contributed by atoms with Crippen molar-refractivity contribution in [1.82, 2.24) is 9.55 Å². The van der Waals surface area contributed by atoms with Crippen molar-refractivity contribution in [2.24, 2.45) is 7.05 Å². The first-order valence-corrected chi connectivity index (χ1v) is 5.42. The zero-order chi connectivity index (χ0) is 11.5. The van der Waals surface area contributed by atoms with Crippen molar-refractivity contribution in [2.45, 2.75) is 0 Å². The van der Waals surface area contributed by atoms with Gasteiger partial charge in [-0.25, -0.2) is 4.98 Å². The average molecular weight is 235 g/mol. The fraction of sp³-hybridized carbons (Fsp3) is 0.100. The lowest BCUT2D eigenvalue weighted by Crippen LogP contribution is -2.19. The van der Waals surface area contributed by atoms with Gasteiger partial charge in [0.2, 0.25) is 5.56 Å². The van der Waals surface area contributed by atoms with Crippen molar-refractivity contribution in [3.63, 3.8) is 0 Å². The maximum Gasteiger partial charge on any atom is 0.258 e. The molecule has 0 aromatic carbocycles. The molecule has 0 spiro atoms. The highest BCUT2D eigenvalue weighted by atomic mass is 32.1. The van der Waals surface area contributed by atoms with Gasteiger partial charge in [-0.15, -0.1) is 11.3 Å². The quantitative estimate of drug-likeness (QED) is 0.847. The van der Waals surface area contributed by atoms with E-state index in [2.05, 4.69) is 10.3 Å². The molecule has 5 nitrogen and oxygen atoms in total. The highest BCUT2D eigenvalue weighted by molar-refractivity contribution is 7.13. The van der Waals surface area contributed by atoms with Gasteiger partial charge in [0.1, 0.15) is 0 Å². The van der Waals surface area contributed by atoms with Crippen LogP contribution >= 0.6 is 11.3 Å². The SMILES string of the molecule is Cn1cc(C(=O)Nc2nccs2)ccc1=O.